The van der Waals surface area contributed by atoms with Crippen LogP contribution in [0, 0.1) is 6.92 Å². The Kier molecular flexibility index (Phi) is 4.10. The van der Waals surface area contributed by atoms with Crippen LogP contribution in [0.25, 0.3) is 11.4 Å². The van der Waals surface area contributed by atoms with Gasteiger partial charge in [0.05, 0.1) is 5.69 Å². The van der Waals surface area contributed by atoms with Gasteiger partial charge in [0.1, 0.15) is 11.4 Å². The number of hydrogen-bond acceptors (Lipinski definition) is 3. The maximum absolute atomic E-state index is 11.2. The molecule has 3 rings (SSSR count). The fourth-order valence-corrected chi connectivity index (χ4v) is 2.33. The van der Waals surface area contributed by atoms with E-state index in [0.717, 1.165) is 24.1 Å². The number of pyridine rings is 1. The Morgan fingerprint density at radius 3 is 2.59 bits per heavy atom. The Hall–Kier alpha value is -2.75. The van der Waals surface area contributed by atoms with E-state index in [1.54, 1.807) is 16.9 Å². The van der Waals surface area contributed by atoms with E-state index in [-0.39, 0.29) is 0 Å². The lowest BCUT2D eigenvalue weighted by Gasteiger charge is -2.04. The summed E-state index contributed by atoms with van der Waals surface area (Å²) in [6.45, 7) is 2.74. The number of aldehydes is 1. The minimum atomic E-state index is 0.577. The van der Waals surface area contributed by atoms with Gasteiger partial charge in [-0.3, -0.25) is 14.5 Å². The molecule has 0 N–H and O–H groups in total. The van der Waals surface area contributed by atoms with E-state index in [1.165, 1.54) is 11.1 Å². The summed E-state index contributed by atoms with van der Waals surface area (Å²) in [4.78, 5) is 15.5. The summed E-state index contributed by atoms with van der Waals surface area (Å²) in [5.74, 6) is 0. The lowest BCUT2D eigenvalue weighted by molar-refractivity contribution is 0.111. The average Bonchev–Trinajstić information content (AvgIpc) is 2.98. The summed E-state index contributed by atoms with van der Waals surface area (Å²) in [6.07, 6.45) is 3.40. The fraction of sp³-hybridized carbons (Fsp3) is 0.167. The molecule has 4 heteroatoms. The molecule has 1 aromatic carbocycles. The van der Waals surface area contributed by atoms with E-state index in [2.05, 4.69) is 41.3 Å². The molecule has 0 unspecified atom stereocenters. The lowest BCUT2D eigenvalue weighted by Crippen LogP contribution is -2.07. The molecule has 22 heavy (non-hydrogen) atoms. The van der Waals surface area contributed by atoms with E-state index in [0.29, 0.717) is 12.2 Å². The molecule has 0 atom stereocenters. The van der Waals surface area contributed by atoms with Crippen LogP contribution in [0.3, 0.4) is 0 Å². The van der Waals surface area contributed by atoms with Gasteiger partial charge in [0.25, 0.3) is 0 Å². The monoisotopic (exact) mass is 291 g/mol. The Morgan fingerprint density at radius 1 is 1.09 bits per heavy atom. The molecule has 4 nitrogen and oxygen atoms in total. The van der Waals surface area contributed by atoms with Gasteiger partial charge in [-0.15, -0.1) is 0 Å². The van der Waals surface area contributed by atoms with Gasteiger partial charge >= 0.3 is 0 Å². The van der Waals surface area contributed by atoms with Crippen molar-refractivity contribution in [3.05, 3.63) is 71.5 Å². The smallest absolute Gasteiger partial charge is 0.168 e. The van der Waals surface area contributed by atoms with Crippen molar-refractivity contribution < 1.29 is 4.79 Å². The molecule has 2 aromatic heterocycles. The summed E-state index contributed by atoms with van der Waals surface area (Å²) >= 11 is 0. The number of carbonyl (C=O) groups excluding carboxylic acids is 1. The predicted octanol–water partition coefficient (Wildman–Crippen LogP) is 3.31. The van der Waals surface area contributed by atoms with Crippen molar-refractivity contribution in [1.82, 2.24) is 14.8 Å². The lowest BCUT2D eigenvalue weighted by atomic mass is 10.1. The highest BCUT2D eigenvalue weighted by molar-refractivity contribution is 5.75. The van der Waals surface area contributed by atoms with Gasteiger partial charge < -0.3 is 0 Å². The Balaban J connectivity index is 1.80. The number of benzene rings is 1. The van der Waals surface area contributed by atoms with Crippen LogP contribution in [0.15, 0.2) is 54.7 Å². The first-order valence-corrected chi connectivity index (χ1v) is 7.26. The van der Waals surface area contributed by atoms with Gasteiger partial charge in [-0.25, -0.2) is 0 Å². The van der Waals surface area contributed by atoms with Gasteiger partial charge in [0.2, 0.25) is 0 Å². The van der Waals surface area contributed by atoms with E-state index >= 15 is 0 Å². The minimum Gasteiger partial charge on any atom is -0.296 e. The van der Waals surface area contributed by atoms with Gasteiger partial charge in [-0.1, -0.05) is 35.9 Å². The molecule has 0 radical (unpaired) electrons. The Labute approximate surface area is 129 Å². The van der Waals surface area contributed by atoms with Crippen LogP contribution in [0.5, 0.6) is 0 Å². The molecule has 0 aliphatic heterocycles. The van der Waals surface area contributed by atoms with Crippen molar-refractivity contribution >= 4 is 6.29 Å². The van der Waals surface area contributed by atoms with Crippen molar-refractivity contribution in [2.75, 3.05) is 0 Å². The van der Waals surface area contributed by atoms with Gasteiger partial charge in [0.15, 0.2) is 6.29 Å². The molecule has 0 amide bonds. The molecule has 0 aliphatic carbocycles. The molecule has 0 fully saturated rings. The second-order valence-corrected chi connectivity index (χ2v) is 5.25. The topological polar surface area (TPSA) is 47.8 Å². The highest BCUT2D eigenvalue weighted by Gasteiger charge is 2.09. The SMILES string of the molecule is Cc1ccc(CCn2nc(-c3ccccn3)cc2C=O)cc1. The Bertz CT molecular complexity index is 761. The predicted molar refractivity (Wildman–Crippen MR) is 85.7 cm³/mol. The first kappa shape index (κ1) is 14.2. The standard InChI is InChI=1S/C18H17N3O/c1-14-5-7-15(8-6-14)9-11-21-16(13-22)12-18(20-21)17-4-2-3-10-19-17/h2-8,10,12-13H,9,11H2,1H3. The molecule has 0 bridgehead atoms. The van der Waals surface area contributed by atoms with Crippen LogP contribution in [-0.4, -0.2) is 21.1 Å². The fourth-order valence-electron chi connectivity index (χ4n) is 2.33. The molecule has 0 spiro atoms. The largest absolute Gasteiger partial charge is 0.296 e. The quantitative estimate of drug-likeness (QED) is 0.678. The molecular weight excluding hydrogens is 274 g/mol. The van der Waals surface area contributed by atoms with Crippen molar-refractivity contribution in [2.24, 2.45) is 0 Å². The number of nitrogens with zero attached hydrogens (tertiary/aromatic N) is 3. The molecule has 0 saturated carbocycles. The van der Waals surface area contributed by atoms with E-state index in [9.17, 15) is 4.79 Å². The van der Waals surface area contributed by atoms with E-state index in [4.69, 9.17) is 0 Å². The summed E-state index contributed by atoms with van der Waals surface area (Å²) in [5, 5.41) is 4.51. The van der Waals surface area contributed by atoms with Crippen LogP contribution in [0.1, 0.15) is 21.6 Å². The van der Waals surface area contributed by atoms with Crippen molar-refractivity contribution in [3.63, 3.8) is 0 Å². The number of rotatable bonds is 5. The number of hydrogen-bond donors (Lipinski definition) is 0. The van der Waals surface area contributed by atoms with Crippen LogP contribution in [0.2, 0.25) is 0 Å². The normalized spacial score (nSPS) is 10.6. The van der Waals surface area contributed by atoms with Crippen molar-refractivity contribution in [2.45, 2.75) is 19.9 Å². The van der Waals surface area contributed by atoms with Crippen LogP contribution in [-0.2, 0) is 13.0 Å². The van der Waals surface area contributed by atoms with Crippen LogP contribution >= 0.6 is 0 Å². The van der Waals surface area contributed by atoms with E-state index in [1.807, 2.05) is 18.2 Å². The number of aryl methyl sites for hydroxylation is 3. The summed E-state index contributed by atoms with van der Waals surface area (Å²) in [5.41, 5.74) is 4.56. The van der Waals surface area contributed by atoms with Gasteiger partial charge in [0, 0.05) is 12.7 Å². The molecule has 0 saturated heterocycles. The maximum Gasteiger partial charge on any atom is 0.168 e. The number of carbonyl (C=O) groups is 1. The third-order valence-corrected chi connectivity index (χ3v) is 3.59. The number of aromatic nitrogens is 3. The maximum atomic E-state index is 11.2. The third kappa shape index (κ3) is 3.11. The summed E-state index contributed by atoms with van der Waals surface area (Å²) < 4.78 is 1.75. The van der Waals surface area contributed by atoms with Crippen molar-refractivity contribution in [1.29, 1.82) is 0 Å². The van der Waals surface area contributed by atoms with Gasteiger partial charge in [-0.05, 0) is 37.1 Å². The highest BCUT2D eigenvalue weighted by atomic mass is 16.1. The first-order chi connectivity index (χ1) is 10.8. The molecular formula is C18H17N3O. The minimum absolute atomic E-state index is 0.577. The summed E-state index contributed by atoms with van der Waals surface area (Å²) in [6, 6.07) is 15.9. The highest BCUT2D eigenvalue weighted by Crippen LogP contribution is 2.16. The first-order valence-electron chi connectivity index (χ1n) is 7.26. The van der Waals surface area contributed by atoms with Crippen LogP contribution < -0.4 is 0 Å². The van der Waals surface area contributed by atoms with Crippen molar-refractivity contribution in [3.8, 4) is 11.4 Å². The van der Waals surface area contributed by atoms with Crippen LogP contribution in [0.4, 0.5) is 0 Å². The zero-order valence-electron chi connectivity index (χ0n) is 12.4. The third-order valence-electron chi connectivity index (χ3n) is 3.59. The molecule has 2 heterocycles. The average molecular weight is 291 g/mol. The molecule has 0 aliphatic rings. The Morgan fingerprint density at radius 2 is 1.91 bits per heavy atom. The molecule has 110 valence electrons. The zero-order valence-corrected chi connectivity index (χ0v) is 12.4. The zero-order chi connectivity index (χ0) is 15.4. The second-order valence-electron chi connectivity index (χ2n) is 5.25. The van der Waals surface area contributed by atoms with Gasteiger partial charge in [-0.2, -0.15) is 5.10 Å². The molecule has 3 aromatic rings. The second kappa shape index (κ2) is 6.35. The summed E-state index contributed by atoms with van der Waals surface area (Å²) in [7, 11) is 0. The van der Waals surface area contributed by atoms with E-state index < -0.39 is 0 Å².